The van der Waals surface area contributed by atoms with Gasteiger partial charge in [-0.05, 0) is 23.5 Å². The number of aryl methyl sites for hydroxylation is 1. The largest absolute Gasteiger partial charge is 0.496 e. The monoisotopic (exact) mass is 233 g/mol. The van der Waals surface area contributed by atoms with Gasteiger partial charge >= 0.3 is 0 Å². The van der Waals surface area contributed by atoms with Crippen molar-refractivity contribution in [3.63, 3.8) is 0 Å². The Morgan fingerprint density at radius 1 is 1.35 bits per heavy atom. The van der Waals surface area contributed by atoms with Gasteiger partial charge in [-0.1, -0.05) is 45.1 Å². The number of methoxy groups -OCH3 is 1. The molecule has 2 nitrogen and oxygen atoms in total. The Labute approximate surface area is 104 Å². The molecule has 1 rings (SSSR count). The van der Waals surface area contributed by atoms with Crippen LogP contribution in [-0.2, 0) is 6.42 Å². The lowest BCUT2D eigenvalue weighted by Gasteiger charge is -2.17. The first-order valence-corrected chi connectivity index (χ1v) is 6.22. The summed E-state index contributed by atoms with van der Waals surface area (Å²) < 4.78 is 5.56. The zero-order valence-electron chi connectivity index (χ0n) is 11.3. The Morgan fingerprint density at radius 2 is 2.06 bits per heavy atom. The predicted molar refractivity (Wildman–Crippen MR) is 74.5 cm³/mol. The summed E-state index contributed by atoms with van der Waals surface area (Å²) in [5, 5.41) is 0. The van der Waals surface area contributed by atoms with E-state index in [1.807, 2.05) is 6.08 Å². The molecule has 1 aromatic rings. The van der Waals surface area contributed by atoms with Crippen molar-refractivity contribution in [1.29, 1.82) is 0 Å². The lowest BCUT2D eigenvalue weighted by Crippen LogP contribution is -2.01. The van der Waals surface area contributed by atoms with Crippen LogP contribution in [0.15, 0.2) is 18.2 Å². The molecule has 17 heavy (non-hydrogen) atoms. The Balaban J connectivity index is 3.38. The Morgan fingerprint density at radius 3 is 2.53 bits per heavy atom. The molecule has 0 atom stereocenters. The molecule has 0 radical (unpaired) electrons. The topological polar surface area (TPSA) is 35.2 Å². The van der Waals surface area contributed by atoms with Crippen LogP contribution in [0.2, 0.25) is 0 Å². The van der Waals surface area contributed by atoms with Crippen LogP contribution < -0.4 is 10.5 Å². The quantitative estimate of drug-likeness (QED) is 0.846. The van der Waals surface area contributed by atoms with Crippen LogP contribution in [0.4, 0.5) is 0 Å². The van der Waals surface area contributed by atoms with E-state index in [1.54, 1.807) is 7.11 Å². The molecule has 0 spiro atoms. The van der Waals surface area contributed by atoms with Crippen molar-refractivity contribution in [1.82, 2.24) is 0 Å². The van der Waals surface area contributed by atoms with Gasteiger partial charge in [-0.2, -0.15) is 0 Å². The minimum Gasteiger partial charge on any atom is -0.496 e. The molecule has 0 bridgehead atoms. The van der Waals surface area contributed by atoms with Gasteiger partial charge in [0.2, 0.25) is 0 Å². The molecule has 0 amide bonds. The Kier molecular flexibility index (Phi) is 5.23. The summed E-state index contributed by atoms with van der Waals surface area (Å²) >= 11 is 0. The summed E-state index contributed by atoms with van der Waals surface area (Å²) in [7, 11) is 1.73. The summed E-state index contributed by atoms with van der Waals surface area (Å²) in [6, 6.07) is 4.36. The lowest BCUT2D eigenvalue weighted by molar-refractivity contribution is 0.408. The fraction of sp³-hybridized carbons (Fsp3) is 0.467. The summed E-state index contributed by atoms with van der Waals surface area (Å²) in [6.07, 6.45) is 5.03. The third-order valence-electron chi connectivity index (χ3n) is 2.94. The van der Waals surface area contributed by atoms with Crippen LogP contribution in [0, 0.1) is 0 Å². The highest BCUT2D eigenvalue weighted by atomic mass is 16.5. The average molecular weight is 233 g/mol. The molecule has 0 fully saturated rings. The number of hydrogen-bond acceptors (Lipinski definition) is 2. The van der Waals surface area contributed by atoms with Crippen molar-refractivity contribution < 1.29 is 4.74 Å². The number of benzene rings is 1. The van der Waals surface area contributed by atoms with Crippen LogP contribution >= 0.6 is 0 Å². The van der Waals surface area contributed by atoms with Crippen molar-refractivity contribution in [2.24, 2.45) is 5.73 Å². The van der Waals surface area contributed by atoms with Gasteiger partial charge in [-0.25, -0.2) is 0 Å². The van der Waals surface area contributed by atoms with Crippen molar-refractivity contribution in [3.05, 3.63) is 34.9 Å². The van der Waals surface area contributed by atoms with Gasteiger partial charge in [0.25, 0.3) is 0 Å². The van der Waals surface area contributed by atoms with E-state index in [0.29, 0.717) is 12.5 Å². The second-order valence-corrected chi connectivity index (χ2v) is 4.41. The number of rotatable bonds is 5. The Hall–Kier alpha value is -1.28. The standard InChI is InChI=1S/C15H23NO/c1-5-12-8-9-13(11(2)3)14(7-6-10-16)15(12)17-4/h6-9,11H,5,10,16H2,1-4H3/b7-6+. The van der Waals surface area contributed by atoms with Gasteiger partial charge < -0.3 is 10.5 Å². The Bertz CT molecular complexity index is 394. The van der Waals surface area contributed by atoms with Crippen LogP contribution in [0.5, 0.6) is 5.75 Å². The van der Waals surface area contributed by atoms with Crippen molar-refractivity contribution in [3.8, 4) is 5.75 Å². The predicted octanol–water partition coefficient (Wildman–Crippen LogP) is 3.35. The van der Waals surface area contributed by atoms with Gasteiger partial charge in [0.15, 0.2) is 0 Å². The average Bonchev–Trinajstić information content (AvgIpc) is 2.34. The number of hydrogen-bond donors (Lipinski definition) is 1. The molecule has 0 aromatic heterocycles. The van der Waals surface area contributed by atoms with Crippen LogP contribution in [0.1, 0.15) is 43.4 Å². The molecule has 2 heteroatoms. The minimum absolute atomic E-state index is 0.479. The molecule has 0 heterocycles. The highest BCUT2D eigenvalue weighted by molar-refractivity contribution is 5.64. The molecule has 0 aliphatic heterocycles. The first kappa shape index (κ1) is 13.8. The summed E-state index contributed by atoms with van der Waals surface area (Å²) in [6.45, 7) is 7.08. The first-order valence-electron chi connectivity index (χ1n) is 6.22. The maximum absolute atomic E-state index is 5.56. The van der Waals surface area contributed by atoms with E-state index in [0.717, 1.165) is 12.2 Å². The van der Waals surface area contributed by atoms with E-state index < -0.39 is 0 Å². The van der Waals surface area contributed by atoms with Gasteiger partial charge in [-0.3, -0.25) is 0 Å². The third kappa shape index (κ3) is 3.10. The van der Waals surface area contributed by atoms with E-state index in [2.05, 4.69) is 39.0 Å². The van der Waals surface area contributed by atoms with E-state index in [9.17, 15) is 0 Å². The maximum atomic E-state index is 5.56. The molecule has 0 aliphatic rings. The molecule has 94 valence electrons. The molecule has 0 saturated heterocycles. The van der Waals surface area contributed by atoms with Gasteiger partial charge in [0, 0.05) is 12.1 Å². The number of ether oxygens (including phenoxy) is 1. The fourth-order valence-electron chi connectivity index (χ4n) is 2.04. The molecule has 0 saturated carbocycles. The van der Waals surface area contributed by atoms with Gasteiger partial charge in [0.1, 0.15) is 5.75 Å². The zero-order chi connectivity index (χ0) is 12.8. The molecular formula is C15H23NO. The second kappa shape index (κ2) is 6.45. The fourth-order valence-corrected chi connectivity index (χ4v) is 2.04. The SMILES string of the molecule is CCc1ccc(C(C)C)c(/C=C/CN)c1OC. The van der Waals surface area contributed by atoms with E-state index in [4.69, 9.17) is 10.5 Å². The normalized spacial score (nSPS) is 11.4. The maximum Gasteiger partial charge on any atom is 0.129 e. The molecule has 0 unspecified atom stereocenters. The summed E-state index contributed by atoms with van der Waals surface area (Å²) in [5.74, 6) is 1.47. The van der Waals surface area contributed by atoms with Crippen molar-refractivity contribution in [2.75, 3.05) is 13.7 Å². The lowest BCUT2D eigenvalue weighted by atomic mass is 9.93. The highest BCUT2D eigenvalue weighted by Gasteiger charge is 2.13. The molecule has 0 aliphatic carbocycles. The molecular weight excluding hydrogens is 210 g/mol. The van der Waals surface area contributed by atoms with Crippen molar-refractivity contribution >= 4 is 6.08 Å². The van der Waals surface area contributed by atoms with Gasteiger partial charge in [0.05, 0.1) is 7.11 Å². The van der Waals surface area contributed by atoms with E-state index >= 15 is 0 Å². The van der Waals surface area contributed by atoms with Crippen LogP contribution in [0.25, 0.3) is 6.08 Å². The van der Waals surface area contributed by atoms with Crippen LogP contribution in [-0.4, -0.2) is 13.7 Å². The first-order chi connectivity index (χ1) is 8.15. The van der Waals surface area contributed by atoms with E-state index in [1.165, 1.54) is 16.7 Å². The zero-order valence-corrected chi connectivity index (χ0v) is 11.3. The smallest absolute Gasteiger partial charge is 0.129 e. The highest BCUT2D eigenvalue weighted by Crippen LogP contribution is 2.32. The molecule has 1 aromatic carbocycles. The number of nitrogens with two attached hydrogens (primary N) is 1. The molecule has 2 N–H and O–H groups in total. The minimum atomic E-state index is 0.479. The summed E-state index contributed by atoms with van der Waals surface area (Å²) in [4.78, 5) is 0. The third-order valence-corrected chi connectivity index (χ3v) is 2.94. The van der Waals surface area contributed by atoms with Crippen molar-refractivity contribution in [2.45, 2.75) is 33.1 Å². The van der Waals surface area contributed by atoms with Gasteiger partial charge in [-0.15, -0.1) is 0 Å². The summed E-state index contributed by atoms with van der Waals surface area (Å²) in [5.41, 5.74) is 9.26. The van der Waals surface area contributed by atoms with Crippen LogP contribution in [0.3, 0.4) is 0 Å². The second-order valence-electron chi connectivity index (χ2n) is 4.41. The van der Waals surface area contributed by atoms with E-state index in [-0.39, 0.29) is 0 Å².